The van der Waals surface area contributed by atoms with Crippen molar-refractivity contribution in [3.05, 3.63) is 52.2 Å². The molecule has 2 heterocycles. The van der Waals surface area contributed by atoms with E-state index < -0.39 is 10.0 Å². The van der Waals surface area contributed by atoms with Gasteiger partial charge in [0.1, 0.15) is 0 Å². The lowest BCUT2D eigenvalue weighted by Crippen LogP contribution is -2.48. The number of ether oxygens (including phenoxy) is 1. The van der Waals surface area contributed by atoms with Crippen molar-refractivity contribution in [2.45, 2.75) is 37.5 Å². The van der Waals surface area contributed by atoms with E-state index in [2.05, 4.69) is 0 Å². The molecule has 0 aliphatic carbocycles. The molecule has 8 heteroatoms. The normalized spacial score (nSPS) is 21.1. The molecule has 0 bridgehead atoms. The Hall–Kier alpha value is -1.74. The summed E-state index contributed by atoms with van der Waals surface area (Å²) in [6.45, 7) is 4.91. The molecule has 0 radical (unpaired) electrons. The molecule has 1 aliphatic rings. The van der Waals surface area contributed by atoms with Crippen LogP contribution < -0.4 is 0 Å². The van der Waals surface area contributed by atoms with Gasteiger partial charge in [0.05, 0.1) is 17.1 Å². The van der Waals surface area contributed by atoms with Crippen molar-refractivity contribution < 1.29 is 17.9 Å². The number of benzene rings is 1. The van der Waals surface area contributed by atoms with Gasteiger partial charge < -0.3 is 9.64 Å². The van der Waals surface area contributed by atoms with Gasteiger partial charge in [0.2, 0.25) is 10.0 Å². The third-order valence-corrected chi connectivity index (χ3v) is 7.05. The maximum atomic E-state index is 12.9. The van der Waals surface area contributed by atoms with Crippen molar-refractivity contribution in [2.24, 2.45) is 0 Å². The summed E-state index contributed by atoms with van der Waals surface area (Å²) in [6, 6.07) is 8.14. The zero-order valence-corrected chi connectivity index (χ0v) is 17.3. The van der Waals surface area contributed by atoms with Crippen molar-refractivity contribution in [3.63, 3.8) is 0 Å². The first kappa shape index (κ1) is 20.0. The molecule has 0 saturated carbocycles. The van der Waals surface area contributed by atoms with Gasteiger partial charge in [0, 0.05) is 32.2 Å². The molecule has 146 valence electrons. The molecule has 1 fully saturated rings. The number of hydrogen-bond donors (Lipinski definition) is 0. The number of amides is 1. The summed E-state index contributed by atoms with van der Waals surface area (Å²) in [4.78, 5) is 14.4. The van der Waals surface area contributed by atoms with E-state index in [1.54, 1.807) is 35.4 Å². The Morgan fingerprint density at radius 3 is 2.37 bits per heavy atom. The zero-order chi connectivity index (χ0) is 19.6. The number of thiophene rings is 1. The maximum Gasteiger partial charge on any atom is 0.253 e. The predicted molar refractivity (Wildman–Crippen MR) is 105 cm³/mol. The topological polar surface area (TPSA) is 66.9 Å². The lowest BCUT2D eigenvalue weighted by Gasteiger charge is -2.34. The number of carbonyl (C=O) groups is 1. The number of rotatable bonds is 5. The number of morpholine rings is 1. The van der Waals surface area contributed by atoms with Crippen LogP contribution in [0.25, 0.3) is 0 Å². The van der Waals surface area contributed by atoms with Crippen LogP contribution in [0, 0.1) is 0 Å². The zero-order valence-electron chi connectivity index (χ0n) is 15.7. The second kappa shape index (κ2) is 8.10. The minimum Gasteiger partial charge on any atom is -0.373 e. The van der Waals surface area contributed by atoms with Gasteiger partial charge in [-0.1, -0.05) is 0 Å². The lowest BCUT2D eigenvalue weighted by molar-refractivity contribution is -0.0440. The van der Waals surface area contributed by atoms with Crippen molar-refractivity contribution in [1.29, 1.82) is 0 Å². The molecular weight excluding hydrogens is 384 g/mol. The van der Waals surface area contributed by atoms with Crippen LogP contribution in [-0.2, 0) is 21.3 Å². The molecule has 1 aromatic heterocycles. The fourth-order valence-electron chi connectivity index (χ4n) is 3.19. The summed E-state index contributed by atoms with van der Waals surface area (Å²) in [6.07, 6.45) is -0.287. The van der Waals surface area contributed by atoms with Gasteiger partial charge >= 0.3 is 0 Å². The van der Waals surface area contributed by atoms with E-state index in [0.29, 0.717) is 25.2 Å². The first-order valence-electron chi connectivity index (χ1n) is 8.79. The Labute approximate surface area is 164 Å². The molecule has 3 rings (SSSR count). The van der Waals surface area contributed by atoms with Gasteiger partial charge in [-0.3, -0.25) is 4.79 Å². The van der Waals surface area contributed by atoms with Crippen molar-refractivity contribution >= 4 is 27.3 Å². The van der Waals surface area contributed by atoms with E-state index in [9.17, 15) is 13.2 Å². The van der Waals surface area contributed by atoms with Gasteiger partial charge in [-0.15, -0.1) is 0 Å². The predicted octanol–water partition coefficient (Wildman–Crippen LogP) is 2.82. The minimum atomic E-state index is -3.60. The lowest BCUT2D eigenvalue weighted by atomic mass is 10.2. The molecule has 1 aromatic carbocycles. The van der Waals surface area contributed by atoms with Crippen LogP contribution in [0.5, 0.6) is 0 Å². The van der Waals surface area contributed by atoms with Gasteiger partial charge in [0.15, 0.2) is 0 Å². The monoisotopic (exact) mass is 408 g/mol. The van der Waals surface area contributed by atoms with Gasteiger partial charge in [-0.05, 0) is 60.5 Å². The van der Waals surface area contributed by atoms with E-state index in [-0.39, 0.29) is 23.0 Å². The smallest absolute Gasteiger partial charge is 0.253 e. The average Bonchev–Trinajstić information content (AvgIpc) is 3.13. The summed E-state index contributed by atoms with van der Waals surface area (Å²) < 4.78 is 32.8. The second-order valence-electron chi connectivity index (χ2n) is 6.90. The number of carbonyl (C=O) groups excluding carboxylic acids is 1. The third kappa shape index (κ3) is 4.57. The summed E-state index contributed by atoms with van der Waals surface area (Å²) in [7, 11) is -1.86. The highest BCUT2D eigenvalue weighted by Crippen LogP contribution is 2.22. The fourth-order valence-corrected chi connectivity index (χ4v) is 5.44. The Morgan fingerprint density at radius 2 is 1.81 bits per heavy atom. The fraction of sp³-hybridized carbons (Fsp3) is 0.421. The molecular formula is C19H24N2O4S2. The van der Waals surface area contributed by atoms with Gasteiger partial charge in [-0.2, -0.15) is 15.6 Å². The van der Waals surface area contributed by atoms with Crippen LogP contribution in [0.3, 0.4) is 0 Å². The molecule has 2 aromatic rings. The van der Waals surface area contributed by atoms with E-state index in [0.717, 1.165) is 5.56 Å². The molecule has 1 saturated heterocycles. The van der Waals surface area contributed by atoms with Crippen LogP contribution in [0.4, 0.5) is 0 Å². The summed E-state index contributed by atoms with van der Waals surface area (Å²) in [5.41, 5.74) is 1.54. The second-order valence-corrected chi connectivity index (χ2v) is 9.61. The first-order valence-corrected chi connectivity index (χ1v) is 11.2. The van der Waals surface area contributed by atoms with Gasteiger partial charge in [0.25, 0.3) is 5.91 Å². The van der Waals surface area contributed by atoms with Crippen LogP contribution in [-0.4, -0.2) is 55.9 Å². The minimum absolute atomic E-state index is 0.140. The van der Waals surface area contributed by atoms with E-state index in [1.165, 1.54) is 16.4 Å². The van der Waals surface area contributed by atoms with Crippen molar-refractivity contribution in [2.75, 3.05) is 20.1 Å². The Bertz CT molecular complexity index is 869. The Morgan fingerprint density at radius 1 is 1.19 bits per heavy atom. The third-order valence-electron chi connectivity index (χ3n) is 4.47. The van der Waals surface area contributed by atoms with E-state index in [4.69, 9.17) is 4.74 Å². The molecule has 0 spiro atoms. The highest BCUT2D eigenvalue weighted by Gasteiger charge is 2.32. The van der Waals surface area contributed by atoms with Crippen LogP contribution >= 0.6 is 11.3 Å². The number of nitrogens with zero attached hydrogens (tertiary/aromatic N) is 2. The Balaban J connectivity index is 1.73. The van der Waals surface area contributed by atoms with Crippen LogP contribution in [0.2, 0.25) is 0 Å². The first-order chi connectivity index (χ1) is 12.8. The van der Waals surface area contributed by atoms with Crippen molar-refractivity contribution in [3.8, 4) is 0 Å². The summed E-state index contributed by atoms with van der Waals surface area (Å²) in [5, 5.41) is 3.98. The molecule has 0 N–H and O–H groups in total. The molecule has 6 nitrogen and oxygen atoms in total. The largest absolute Gasteiger partial charge is 0.373 e. The molecule has 2 atom stereocenters. The SMILES string of the molecule is C[C@H]1CN(S(=O)(=O)c2ccc(C(=O)N(C)Cc3ccsc3)cc2)C[C@H](C)O1. The molecule has 27 heavy (non-hydrogen) atoms. The molecule has 1 aliphatic heterocycles. The standard InChI is InChI=1S/C19H24N2O4S2/c1-14-10-21(11-15(2)25-14)27(23,24)18-6-4-17(5-7-18)19(22)20(3)12-16-8-9-26-13-16/h4-9,13-15H,10-12H2,1-3H3/t14-,15-/m0/s1. The molecule has 1 amide bonds. The van der Waals surface area contributed by atoms with Crippen molar-refractivity contribution in [1.82, 2.24) is 9.21 Å². The number of sulfonamides is 1. The molecule has 0 unspecified atom stereocenters. The van der Waals surface area contributed by atoms with Crippen LogP contribution in [0.15, 0.2) is 46.0 Å². The quantitative estimate of drug-likeness (QED) is 0.763. The average molecular weight is 409 g/mol. The highest BCUT2D eigenvalue weighted by atomic mass is 32.2. The number of hydrogen-bond acceptors (Lipinski definition) is 5. The Kier molecular flexibility index (Phi) is 6.00. The van der Waals surface area contributed by atoms with E-state index in [1.807, 2.05) is 30.7 Å². The summed E-state index contributed by atoms with van der Waals surface area (Å²) >= 11 is 1.59. The van der Waals surface area contributed by atoms with E-state index >= 15 is 0 Å². The summed E-state index contributed by atoms with van der Waals surface area (Å²) in [5.74, 6) is -0.140. The van der Waals surface area contributed by atoms with Crippen LogP contribution in [0.1, 0.15) is 29.8 Å². The maximum absolute atomic E-state index is 12.9. The highest BCUT2D eigenvalue weighted by molar-refractivity contribution is 7.89. The van der Waals surface area contributed by atoms with Gasteiger partial charge in [-0.25, -0.2) is 8.42 Å².